The number of guanidine groups is 1. The third-order valence-corrected chi connectivity index (χ3v) is 4.59. The van der Waals surface area contributed by atoms with Crippen LogP contribution in [0.3, 0.4) is 0 Å². The van der Waals surface area contributed by atoms with Gasteiger partial charge in [0.15, 0.2) is 5.96 Å². The van der Waals surface area contributed by atoms with Gasteiger partial charge in [-0.25, -0.2) is 9.67 Å². The van der Waals surface area contributed by atoms with Gasteiger partial charge < -0.3 is 10.6 Å². The van der Waals surface area contributed by atoms with Crippen LogP contribution in [0.4, 0.5) is 5.69 Å². The minimum Gasteiger partial charge on any atom is -0.357 e. The third-order valence-electron chi connectivity index (χ3n) is 4.59. The summed E-state index contributed by atoms with van der Waals surface area (Å²) in [6.07, 6.45) is 0. The van der Waals surface area contributed by atoms with Gasteiger partial charge in [-0.1, -0.05) is 30.3 Å². The number of benzene rings is 2. The first-order chi connectivity index (χ1) is 14.5. The van der Waals surface area contributed by atoms with Crippen LogP contribution in [0.25, 0.3) is 5.69 Å². The van der Waals surface area contributed by atoms with E-state index >= 15 is 0 Å². The average molecular weight is 406 g/mol. The molecule has 0 aliphatic carbocycles. The molecule has 1 aromatic heterocycles. The number of hydrogen-bond donors (Lipinski definition) is 2. The number of nitro benzene ring substituents is 1. The number of non-ortho nitro benzene ring substituents is 1. The molecule has 0 bridgehead atoms. The van der Waals surface area contributed by atoms with Crippen LogP contribution < -0.4 is 10.6 Å². The first-order valence-electron chi connectivity index (χ1n) is 9.85. The number of hydrogen-bond acceptors (Lipinski definition) is 4. The number of aliphatic imine (C=N–C) groups is 1. The van der Waals surface area contributed by atoms with Crippen molar-refractivity contribution in [3.63, 3.8) is 0 Å². The average Bonchev–Trinajstić information content (AvgIpc) is 3.08. The summed E-state index contributed by atoms with van der Waals surface area (Å²) in [6.45, 7) is 7.77. The summed E-state index contributed by atoms with van der Waals surface area (Å²) in [7, 11) is 0. The molecule has 0 saturated heterocycles. The molecule has 0 atom stereocenters. The zero-order valence-corrected chi connectivity index (χ0v) is 17.4. The SMILES string of the molecule is CCNC(=NCc1ccc([N+](=O)[O-])cc1)NCc1ccccc1-n1nc(C)cc1C. The number of nitro groups is 1. The van der Waals surface area contributed by atoms with Crippen molar-refractivity contribution in [2.45, 2.75) is 33.9 Å². The minimum atomic E-state index is -0.404. The monoisotopic (exact) mass is 406 g/mol. The molecule has 0 fully saturated rings. The van der Waals surface area contributed by atoms with E-state index < -0.39 is 4.92 Å². The van der Waals surface area contributed by atoms with Crippen molar-refractivity contribution in [2.24, 2.45) is 4.99 Å². The van der Waals surface area contributed by atoms with E-state index in [0.29, 0.717) is 19.0 Å². The van der Waals surface area contributed by atoms with Gasteiger partial charge in [-0.3, -0.25) is 10.1 Å². The second-order valence-corrected chi connectivity index (χ2v) is 6.94. The van der Waals surface area contributed by atoms with E-state index in [-0.39, 0.29) is 5.69 Å². The highest BCUT2D eigenvalue weighted by Crippen LogP contribution is 2.17. The third kappa shape index (κ3) is 5.22. The van der Waals surface area contributed by atoms with Crippen LogP contribution in [0.2, 0.25) is 0 Å². The summed E-state index contributed by atoms with van der Waals surface area (Å²) >= 11 is 0. The van der Waals surface area contributed by atoms with Gasteiger partial charge >= 0.3 is 0 Å². The largest absolute Gasteiger partial charge is 0.357 e. The Balaban J connectivity index is 1.73. The summed E-state index contributed by atoms with van der Waals surface area (Å²) in [5.74, 6) is 0.680. The number of para-hydroxylation sites is 1. The maximum Gasteiger partial charge on any atom is 0.269 e. The van der Waals surface area contributed by atoms with Crippen molar-refractivity contribution in [3.05, 3.63) is 87.2 Å². The zero-order valence-electron chi connectivity index (χ0n) is 17.4. The van der Waals surface area contributed by atoms with Crippen molar-refractivity contribution in [2.75, 3.05) is 6.54 Å². The predicted molar refractivity (Wildman–Crippen MR) is 118 cm³/mol. The fraction of sp³-hybridized carbons (Fsp3) is 0.273. The van der Waals surface area contributed by atoms with Crippen LogP contribution >= 0.6 is 0 Å². The molecule has 0 radical (unpaired) electrons. The Morgan fingerprint density at radius 3 is 2.50 bits per heavy atom. The van der Waals surface area contributed by atoms with Gasteiger partial charge in [0.1, 0.15) is 0 Å². The predicted octanol–water partition coefficient (Wildman–Crippen LogP) is 3.65. The zero-order chi connectivity index (χ0) is 21.5. The molecule has 30 heavy (non-hydrogen) atoms. The molecule has 8 heteroatoms. The minimum absolute atomic E-state index is 0.0773. The lowest BCUT2D eigenvalue weighted by atomic mass is 10.1. The lowest BCUT2D eigenvalue weighted by molar-refractivity contribution is -0.384. The molecule has 2 N–H and O–H groups in total. The van der Waals surface area contributed by atoms with Crippen molar-refractivity contribution >= 4 is 11.6 Å². The highest BCUT2D eigenvalue weighted by molar-refractivity contribution is 5.79. The molecule has 156 valence electrons. The van der Waals surface area contributed by atoms with Crippen molar-refractivity contribution in [3.8, 4) is 5.69 Å². The molecule has 0 unspecified atom stereocenters. The number of aryl methyl sites for hydroxylation is 2. The summed E-state index contributed by atoms with van der Waals surface area (Å²) in [6, 6.07) is 16.6. The molecule has 2 aromatic carbocycles. The van der Waals surface area contributed by atoms with Crippen LogP contribution in [0.5, 0.6) is 0 Å². The molecule has 0 aliphatic rings. The van der Waals surface area contributed by atoms with E-state index in [1.54, 1.807) is 12.1 Å². The summed E-state index contributed by atoms with van der Waals surface area (Å²) in [5, 5.41) is 22.0. The number of nitrogens with zero attached hydrogens (tertiary/aromatic N) is 4. The van der Waals surface area contributed by atoms with E-state index in [0.717, 1.165) is 34.7 Å². The van der Waals surface area contributed by atoms with Gasteiger partial charge in [0.25, 0.3) is 5.69 Å². The van der Waals surface area contributed by atoms with E-state index in [2.05, 4.69) is 38.9 Å². The van der Waals surface area contributed by atoms with Crippen LogP contribution in [-0.4, -0.2) is 27.2 Å². The standard InChI is InChI=1S/C22H26N6O2/c1-4-23-22(24-14-18-9-11-20(12-10-18)28(29)30)25-15-19-7-5-6-8-21(19)27-17(3)13-16(2)26-27/h5-13H,4,14-15H2,1-3H3,(H2,23,24,25). The Morgan fingerprint density at radius 2 is 1.87 bits per heavy atom. The number of aromatic nitrogens is 2. The van der Waals surface area contributed by atoms with Crippen LogP contribution in [0, 0.1) is 24.0 Å². The first kappa shape index (κ1) is 21.0. The first-order valence-corrected chi connectivity index (χ1v) is 9.85. The lowest BCUT2D eigenvalue weighted by Crippen LogP contribution is -2.37. The summed E-state index contributed by atoms with van der Waals surface area (Å²) in [4.78, 5) is 15.0. The Labute approximate surface area is 175 Å². The second kappa shape index (κ2) is 9.69. The Kier molecular flexibility index (Phi) is 6.79. The molecule has 1 heterocycles. The molecule has 0 saturated carbocycles. The van der Waals surface area contributed by atoms with Gasteiger partial charge in [0.2, 0.25) is 0 Å². The number of rotatable bonds is 7. The van der Waals surface area contributed by atoms with Crippen LogP contribution in [0.1, 0.15) is 29.4 Å². The fourth-order valence-corrected chi connectivity index (χ4v) is 3.15. The van der Waals surface area contributed by atoms with E-state index in [1.807, 2.05) is 37.6 Å². The van der Waals surface area contributed by atoms with Gasteiger partial charge in [-0.05, 0) is 44.0 Å². The molecule has 3 rings (SSSR count). The van der Waals surface area contributed by atoms with Gasteiger partial charge in [0.05, 0.1) is 22.8 Å². The normalized spacial score (nSPS) is 11.4. The Morgan fingerprint density at radius 1 is 1.13 bits per heavy atom. The van der Waals surface area contributed by atoms with Gasteiger partial charge in [-0.15, -0.1) is 0 Å². The molecule has 0 spiro atoms. The lowest BCUT2D eigenvalue weighted by Gasteiger charge is -2.15. The van der Waals surface area contributed by atoms with Crippen molar-refractivity contribution in [1.82, 2.24) is 20.4 Å². The highest BCUT2D eigenvalue weighted by Gasteiger charge is 2.09. The smallest absolute Gasteiger partial charge is 0.269 e. The Bertz CT molecular complexity index is 1040. The van der Waals surface area contributed by atoms with Gasteiger partial charge in [-0.2, -0.15) is 5.10 Å². The van der Waals surface area contributed by atoms with E-state index in [4.69, 9.17) is 0 Å². The quantitative estimate of drug-likeness (QED) is 0.270. The molecule has 0 aliphatic heterocycles. The molecular weight excluding hydrogens is 380 g/mol. The summed E-state index contributed by atoms with van der Waals surface area (Å²) in [5.41, 5.74) is 5.17. The molecule has 8 nitrogen and oxygen atoms in total. The maximum atomic E-state index is 10.8. The van der Waals surface area contributed by atoms with E-state index in [1.165, 1.54) is 12.1 Å². The van der Waals surface area contributed by atoms with Crippen LogP contribution in [0.15, 0.2) is 59.6 Å². The molecular formula is C22H26N6O2. The molecule has 3 aromatic rings. The molecule has 0 amide bonds. The number of nitrogens with one attached hydrogen (secondary N) is 2. The van der Waals surface area contributed by atoms with Gasteiger partial charge in [0, 0.05) is 30.9 Å². The second-order valence-electron chi connectivity index (χ2n) is 6.94. The van der Waals surface area contributed by atoms with Crippen LogP contribution in [-0.2, 0) is 13.1 Å². The summed E-state index contributed by atoms with van der Waals surface area (Å²) < 4.78 is 1.95. The maximum absolute atomic E-state index is 10.8. The topological polar surface area (TPSA) is 97.4 Å². The fourth-order valence-electron chi connectivity index (χ4n) is 3.15. The van der Waals surface area contributed by atoms with Crippen molar-refractivity contribution < 1.29 is 4.92 Å². The Hall–Kier alpha value is -3.68. The van der Waals surface area contributed by atoms with E-state index in [9.17, 15) is 10.1 Å². The highest BCUT2D eigenvalue weighted by atomic mass is 16.6. The van der Waals surface area contributed by atoms with Crippen molar-refractivity contribution in [1.29, 1.82) is 0 Å².